The van der Waals surface area contributed by atoms with Gasteiger partial charge in [-0.3, -0.25) is 10.1 Å². The van der Waals surface area contributed by atoms with Crippen LogP contribution in [0.5, 0.6) is 0 Å². The topological polar surface area (TPSA) is 110 Å². The second kappa shape index (κ2) is 8.60. The zero-order valence-electron chi connectivity index (χ0n) is 18.0. The van der Waals surface area contributed by atoms with Gasteiger partial charge in [-0.25, -0.2) is 0 Å². The minimum Gasteiger partial charge on any atom is -0.453 e. The molecule has 6 nitrogen and oxygen atoms in total. The summed E-state index contributed by atoms with van der Waals surface area (Å²) in [4.78, 5) is 12.2. The van der Waals surface area contributed by atoms with Gasteiger partial charge in [0.2, 0.25) is 0 Å². The lowest BCUT2D eigenvalue weighted by molar-refractivity contribution is -0.156. The molecule has 1 aliphatic rings. The summed E-state index contributed by atoms with van der Waals surface area (Å²) in [7, 11) is 0. The number of esters is 1. The minimum absolute atomic E-state index is 0.287. The van der Waals surface area contributed by atoms with E-state index in [1.54, 1.807) is 30.3 Å². The lowest BCUT2D eigenvalue weighted by Crippen LogP contribution is -2.38. The van der Waals surface area contributed by atoms with E-state index in [0.29, 0.717) is 28.7 Å². The molecule has 6 heteroatoms. The fourth-order valence-corrected chi connectivity index (χ4v) is 4.61. The Labute approximate surface area is 192 Å². The molecule has 160 valence electrons. The highest BCUT2D eigenvalue weighted by Gasteiger charge is 2.53. The van der Waals surface area contributed by atoms with Crippen LogP contribution in [-0.4, -0.2) is 12.5 Å². The quantitative estimate of drug-likeness (QED) is 0.624. The van der Waals surface area contributed by atoms with Gasteiger partial charge in [0.1, 0.15) is 0 Å². The van der Waals surface area contributed by atoms with Gasteiger partial charge in [0.25, 0.3) is 0 Å². The van der Waals surface area contributed by atoms with Crippen molar-refractivity contribution in [3.05, 3.63) is 106 Å². The third-order valence-electron chi connectivity index (χ3n) is 6.05. The van der Waals surface area contributed by atoms with E-state index in [1.165, 1.54) is 6.92 Å². The van der Waals surface area contributed by atoms with Gasteiger partial charge in [0, 0.05) is 19.9 Å². The predicted octanol–water partition coefficient (Wildman–Crippen LogP) is 4.00. The number of rotatable bonds is 4. The highest BCUT2D eigenvalue weighted by molar-refractivity contribution is 5.67. The van der Waals surface area contributed by atoms with Gasteiger partial charge in [-0.15, -0.1) is 0 Å². The van der Waals surface area contributed by atoms with Crippen LogP contribution in [0.25, 0.3) is 0 Å². The number of ether oxygens (including phenoxy) is 1. The first-order chi connectivity index (χ1) is 15.9. The molecule has 3 aromatic carbocycles. The van der Waals surface area contributed by atoms with Gasteiger partial charge in [0.05, 0.1) is 40.4 Å². The Hall–Kier alpha value is -4.44. The number of hydrogen-bond donors (Lipinski definition) is 1. The maximum Gasteiger partial charge on any atom is 0.303 e. The summed E-state index contributed by atoms with van der Waals surface area (Å²) in [5, 5.41) is 31.9. The zero-order valence-corrected chi connectivity index (χ0v) is 18.0. The summed E-state index contributed by atoms with van der Waals surface area (Å²) >= 11 is 0. The van der Waals surface area contributed by atoms with E-state index in [1.807, 2.05) is 42.5 Å². The molecule has 0 aromatic heterocycles. The largest absolute Gasteiger partial charge is 0.453 e. The molecule has 0 bridgehead atoms. The highest BCUT2D eigenvalue weighted by atomic mass is 16.6. The maximum absolute atomic E-state index is 12.2. The van der Waals surface area contributed by atoms with E-state index in [2.05, 4.69) is 23.5 Å². The Morgan fingerprint density at radius 3 is 1.73 bits per heavy atom. The van der Waals surface area contributed by atoms with E-state index in [9.17, 15) is 20.6 Å². The third-order valence-corrected chi connectivity index (χ3v) is 6.05. The van der Waals surface area contributed by atoms with Crippen LogP contribution in [0.3, 0.4) is 0 Å². The second-order valence-corrected chi connectivity index (χ2v) is 8.10. The molecule has 1 atom stereocenters. The number of carbonyl (C=O) groups excluding carboxylic acids is 1. The highest BCUT2D eigenvalue weighted by Crippen LogP contribution is 2.48. The molecule has 0 saturated carbocycles. The first kappa shape index (κ1) is 21.8. The molecular weight excluding hydrogens is 412 g/mol. The summed E-state index contributed by atoms with van der Waals surface area (Å²) in [5.74, 6) is -0.438. The molecule has 1 heterocycles. The van der Waals surface area contributed by atoms with E-state index in [-0.39, 0.29) is 6.54 Å². The smallest absolute Gasteiger partial charge is 0.303 e. The number of hydrogen-bond acceptors (Lipinski definition) is 6. The Morgan fingerprint density at radius 1 is 0.818 bits per heavy atom. The molecule has 1 unspecified atom stereocenters. The van der Waals surface area contributed by atoms with Crippen molar-refractivity contribution in [1.82, 2.24) is 5.32 Å². The third kappa shape index (κ3) is 3.94. The normalized spacial score (nSPS) is 18.5. The van der Waals surface area contributed by atoms with Crippen LogP contribution in [-0.2, 0) is 20.7 Å². The first-order valence-corrected chi connectivity index (χ1v) is 10.4. The van der Waals surface area contributed by atoms with Gasteiger partial charge < -0.3 is 4.74 Å². The van der Waals surface area contributed by atoms with Crippen molar-refractivity contribution >= 4 is 5.97 Å². The predicted molar refractivity (Wildman–Crippen MR) is 120 cm³/mol. The van der Waals surface area contributed by atoms with Crippen molar-refractivity contribution in [1.29, 1.82) is 15.8 Å². The molecule has 0 radical (unpaired) electrons. The van der Waals surface area contributed by atoms with Crippen LogP contribution in [0.4, 0.5) is 0 Å². The molecule has 1 N–H and O–H groups in total. The Kier molecular flexibility index (Phi) is 5.67. The molecule has 33 heavy (non-hydrogen) atoms. The number of nitriles is 3. The molecule has 0 aliphatic carbocycles. The Morgan fingerprint density at radius 2 is 1.27 bits per heavy atom. The van der Waals surface area contributed by atoms with Crippen molar-refractivity contribution in [3.63, 3.8) is 0 Å². The van der Waals surface area contributed by atoms with Crippen molar-refractivity contribution in [3.8, 4) is 18.2 Å². The zero-order chi connectivity index (χ0) is 23.5. The van der Waals surface area contributed by atoms with Crippen molar-refractivity contribution in [2.45, 2.75) is 24.5 Å². The van der Waals surface area contributed by atoms with Crippen LogP contribution in [0.15, 0.2) is 72.8 Å². The van der Waals surface area contributed by atoms with Gasteiger partial charge in [-0.1, -0.05) is 36.4 Å². The Balaban J connectivity index is 1.94. The standard InChI is InChI=1S/C27H20N4O2/c1-19(32)33-26(23-8-2-5-20(11-23)14-28)17-27(31-18-26,24-9-3-6-21(12-24)15-29)25-10-4-7-22(13-25)16-30/h2-13,31H,17-18H2,1H3. The fraction of sp³-hybridized carbons (Fsp3) is 0.185. The SMILES string of the molecule is CC(=O)OC1(c2cccc(C#N)c2)CNC(c2cccc(C#N)c2)(c2cccc(C#N)c2)C1. The molecule has 0 amide bonds. The lowest BCUT2D eigenvalue weighted by atomic mass is 9.76. The van der Waals surface area contributed by atoms with E-state index < -0.39 is 17.1 Å². The minimum atomic E-state index is -1.05. The monoisotopic (exact) mass is 432 g/mol. The van der Waals surface area contributed by atoms with Gasteiger partial charge >= 0.3 is 5.97 Å². The lowest BCUT2D eigenvalue weighted by Gasteiger charge is -2.34. The summed E-state index contributed by atoms with van der Waals surface area (Å²) in [5.41, 5.74) is 1.93. The molecule has 1 aliphatic heterocycles. The van der Waals surface area contributed by atoms with Crippen LogP contribution < -0.4 is 5.32 Å². The van der Waals surface area contributed by atoms with Gasteiger partial charge in [-0.2, -0.15) is 15.8 Å². The van der Waals surface area contributed by atoms with Crippen LogP contribution in [0, 0.1) is 34.0 Å². The number of carbonyl (C=O) groups is 1. The van der Waals surface area contributed by atoms with E-state index >= 15 is 0 Å². The molecule has 4 rings (SSSR count). The van der Waals surface area contributed by atoms with Crippen LogP contribution >= 0.6 is 0 Å². The molecular formula is C27H20N4O2. The number of nitrogens with one attached hydrogen (secondary N) is 1. The molecule has 3 aromatic rings. The fourth-order valence-electron chi connectivity index (χ4n) is 4.61. The average Bonchev–Trinajstić information content (AvgIpc) is 3.25. The second-order valence-electron chi connectivity index (χ2n) is 8.10. The first-order valence-electron chi connectivity index (χ1n) is 10.4. The van der Waals surface area contributed by atoms with E-state index in [0.717, 1.165) is 11.1 Å². The summed E-state index contributed by atoms with van der Waals surface area (Å²) < 4.78 is 5.95. The average molecular weight is 432 g/mol. The molecule has 0 spiro atoms. The number of nitrogens with zero attached hydrogens (tertiary/aromatic N) is 3. The van der Waals surface area contributed by atoms with Gasteiger partial charge in [0.15, 0.2) is 5.60 Å². The Bertz CT molecular complexity index is 1300. The van der Waals surface area contributed by atoms with Crippen LogP contribution in [0.2, 0.25) is 0 Å². The van der Waals surface area contributed by atoms with E-state index in [4.69, 9.17) is 4.74 Å². The van der Waals surface area contributed by atoms with Crippen LogP contribution in [0.1, 0.15) is 46.7 Å². The van der Waals surface area contributed by atoms with Crippen molar-refractivity contribution in [2.24, 2.45) is 0 Å². The maximum atomic E-state index is 12.2. The summed E-state index contributed by atoms with van der Waals surface area (Å²) in [6, 6.07) is 28.1. The molecule has 1 saturated heterocycles. The van der Waals surface area contributed by atoms with Crippen molar-refractivity contribution < 1.29 is 9.53 Å². The van der Waals surface area contributed by atoms with Gasteiger partial charge in [-0.05, 0) is 53.1 Å². The van der Waals surface area contributed by atoms with Crippen molar-refractivity contribution in [2.75, 3.05) is 6.54 Å². The number of benzene rings is 3. The summed E-state index contributed by atoms with van der Waals surface area (Å²) in [6.45, 7) is 1.65. The summed E-state index contributed by atoms with van der Waals surface area (Å²) in [6.07, 6.45) is 0.318. The molecule has 1 fully saturated rings.